The number of thioether (sulfide) groups is 1. The summed E-state index contributed by atoms with van der Waals surface area (Å²) >= 11 is 1.04. The number of aliphatic carboxylic acids is 1. The van der Waals surface area contributed by atoms with Gasteiger partial charge in [0, 0.05) is 25.5 Å². The van der Waals surface area contributed by atoms with E-state index in [2.05, 4.69) is 5.10 Å². The number of hydrazone groups is 1. The predicted molar refractivity (Wildman–Crippen MR) is 83.6 cm³/mol. The second-order valence-corrected chi connectivity index (χ2v) is 6.07. The van der Waals surface area contributed by atoms with Crippen LogP contribution >= 0.6 is 11.8 Å². The van der Waals surface area contributed by atoms with Crippen molar-refractivity contribution in [3.05, 3.63) is 35.9 Å². The third-order valence-corrected chi connectivity index (χ3v) is 3.99. The van der Waals surface area contributed by atoms with Crippen LogP contribution in [0.1, 0.15) is 25.3 Å². The van der Waals surface area contributed by atoms with Gasteiger partial charge in [-0.25, -0.2) is 9.80 Å². The molecule has 1 aliphatic heterocycles. The first-order valence-corrected chi connectivity index (χ1v) is 7.78. The van der Waals surface area contributed by atoms with E-state index in [1.807, 2.05) is 30.3 Å². The molecule has 1 atom stereocenters. The minimum atomic E-state index is -1.08. The minimum absolute atomic E-state index is 0.0718. The Labute approximate surface area is 132 Å². The highest BCUT2D eigenvalue weighted by molar-refractivity contribution is 8.13. The van der Waals surface area contributed by atoms with Gasteiger partial charge in [-0.1, -0.05) is 42.1 Å². The van der Waals surface area contributed by atoms with Crippen molar-refractivity contribution >= 4 is 34.5 Å². The first kappa shape index (κ1) is 16.2. The number of carbonyl (C=O) groups is 3. The van der Waals surface area contributed by atoms with Crippen molar-refractivity contribution in [1.29, 1.82) is 0 Å². The molecule has 0 aliphatic carbocycles. The van der Waals surface area contributed by atoms with Crippen LogP contribution in [-0.4, -0.2) is 44.6 Å². The van der Waals surface area contributed by atoms with Gasteiger partial charge in [0.05, 0.1) is 5.71 Å². The standard InChI is InChI=1S/C15H16N2O4S/c1-10(18)22-8-7-14(19)17-13(15(20)21)9-12(16-17)11-5-3-2-4-6-11/h2-6,13H,7-9H2,1H3,(H,20,21). The van der Waals surface area contributed by atoms with E-state index in [0.29, 0.717) is 11.5 Å². The minimum Gasteiger partial charge on any atom is -0.480 e. The zero-order chi connectivity index (χ0) is 16.1. The molecule has 0 fully saturated rings. The quantitative estimate of drug-likeness (QED) is 0.893. The van der Waals surface area contributed by atoms with E-state index in [-0.39, 0.29) is 23.9 Å². The zero-order valence-corrected chi connectivity index (χ0v) is 12.9. The van der Waals surface area contributed by atoms with Crippen molar-refractivity contribution in [1.82, 2.24) is 5.01 Å². The summed E-state index contributed by atoms with van der Waals surface area (Å²) in [6.45, 7) is 1.43. The summed E-state index contributed by atoms with van der Waals surface area (Å²) in [5.41, 5.74) is 1.39. The summed E-state index contributed by atoms with van der Waals surface area (Å²) in [6.07, 6.45) is 0.268. The van der Waals surface area contributed by atoms with Gasteiger partial charge >= 0.3 is 5.97 Å². The number of benzene rings is 1. The molecule has 0 radical (unpaired) electrons. The summed E-state index contributed by atoms with van der Waals surface area (Å²) in [7, 11) is 0. The molecule has 0 spiro atoms. The SMILES string of the molecule is CC(=O)SCCC(=O)N1N=C(c2ccccc2)CC1C(=O)O. The fraction of sp³-hybridized carbons (Fsp3) is 0.333. The van der Waals surface area contributed by atoms with Crippen LogP contribution in [0.15, 0.2) is 35.4 Å². The molecule has 1 amide bonds. The van der Waals surface area contributed by atoms with Crippen LogP contribution in [0.5, 0.6) is 0 Å². The Hall–Kier alpha value is -2.15. The average Bonchev–Trinajstić information content (AvgIpc) is 2.93. The van der Waals surface area contributed by atoms with Gasteiger partial charge in [0.2, 0.25) is 5.91 Å². The highest BCUT2D eigenvalue weighted by Gasteiger charge is 2.36. The van der Waals surface area contributed by atoms with Crippen LogP contribution in [0.4, 0.5) is 0 Å². The van der Waals surface area contributed by atoms with Crippen molar-refractivity contribution in [2.75, 3.05) is 5.75 Å². The van der Waals surface area contributed by atoms with Gasteiger partial charge in [0.15, 0.2) is 11.2 Å². The molecule has 1 unspecified atom stereocenters. The molecule has 6 nitrogen and oxygen atoms in total. The normalized spacial score (nSPS) is 17.2. The van der Waals surface area contributed by atoms with E-state index in [0.717, 1.165) is 22.3 Å². The maximum atomic E-state index is 12.1. The molecule has 0 saturated carbocycles. The molecule has 1 heterocycles. The molecule has 1 N–H and O–H groups in total. The lowest BCUT2D eigenvalue weighted by Gasteiger charge is -2.17. The summed E-state index contributed by atoms with van der Waals surface area (Å²) in [6, 6.07) is 8.21. The topological polar surface area (TPSA) is 87.0 Å². The summed E-state index contributed by atoms with van der Waals surface area (Å²) in [5, 5.41) is 14.4. The fourth-order valence-electron chi connectivity index (χ4n) is 2.13. The molecule has 7 heteroatoms. The number of amides is 1. The number of rotatable bonds is 5. The third kappa shape index (κ3) is 3.94. The Balaban J connectivity index is 2.12. The number of nitrogens with zero attached hydrogens (tertiary/aromatic N) is 2. The van der Waals surface area contributed by atoms with Gasteiger partial charge in [-0.2, -0.15) is 5.10 Å². The fourth-order valence-corrected chi connectivity index (χ4v) is 2.70. The maximum Gasteiger partial charge on any atom is 0.329 e. The van der Waals surface area contributed by atoms with Crippen molar-refractivity contribution in [2.24, 2.45) is 5.10 Å². The van der Waals surface area contributed by atoms with Gasteiger partial charge in [-0.05, 0) is 5.56 Å². The molecule has 22 heavy (non-hydrogen) atoms. The molecule has 2 rings (SSSR count). The molecule has 1 aromatic rings. The van der Waals surface area contributed by atoms with Crippen molar-refractivity contribution < 1.29 is 19.5 Å². The predicted octanol–water partition coefficient (Wildman–Crippen LogP) is 1.75. The summed E-state index contributed by atoms with van der Waals surface area (Å²) in [4.78, 5) is 34.4. The van der Waals surface area contributed by atoms with E-state index < -0.39 is 12.0 Å². The third-order valence-electron chi connectivity index (χ3n) is 3.18. The lowest BCUT2D eigenvalue weighted by molar-refractivity contribution is -0.148. The van der Waals surface area contributed by atoms with Crippen LogP contribution < -0.4 is 0 Å². The van der Waals surface area contributed by atoms with Gasteiger partial charge in [0.25, 0.3) is 0 Å². The Bertz CT molecular complexity index is 615. The number of carboxylic acids is 1. The summed E-state index contributed by atoms with van der Waals surface area (Å²) in [5.74, 6) is -1.14. The first-order chi connectivity index (χ1) is 10.5. The lowest BCUT2D eigenvalue weighted by Crippen LogP contribution is -2.38. The number of carboxylic acid groups (broad SMARTS) is 1. The molecule has 1 aromatic carbocycles. The smallest absolute Gasteiger partial charge is 0.329 e. The van der Waals surface area contributed by atoms with Crippen LogP contribution in [0.2, 0.25) is 0 Å². The van der Waals surface area contributed by atoms with Gasteiger partial charge in [-0.15, -0.1) is 0 Å². The molecule has 0 aromatic heterocycles. The Morgan fingerprint density at radius 3 is 2.59 bits per heavy atom. The van der Waals surface area contributed by atoms with Gasteiger partial charge < -0.3 is 5.11 Å². The van der Waals surface area contributed by atoms with E-state index >= 15 is 0 Å². The number of hydrogen-bond acceptors (Lipinski definition) is 5. The average molecular weight is 320 g/mol. The monoisotopic (exact) mass is 320 g/mol. The highest BCUT2D eigenvalue weighted by atomic mass is 32.2. The van der Waals surface area contributed by atoms with Gasteiger partial charge in [-0.3, -0.25) is 9.59 Å². The van der Waals surface area contributed by atoms with Gasteiger partial charge in [0.1, 0.15) is 0 Å². The Kier molecular flexibility index (Phi) is 5.32. The van der Waals surface area contributed by atoms with Crippen molar-refractivity contribution in [2.45, 2.75) is 25.8 Å². The zero-order valence-electron chi connectivity index (χ0n) is 12.1. The van der Waals surface area contributed by atoms with Crippen LogP contribution in [0.3, 0.4) is 0 Å². The second kappa shape index (κ2) is 7.22. The molecular formula is C15H16N2O4S. The van der Waals surface area contributed by atoms with Crippen LogP contribution in [0.25, 0.3) is 0 Å². The molecule has 0 bridgehead atoms. The maximum absolute atomic E-state index is 12.1. The molecule has 116 valence electrons. The van der Waals surface area contributed by atoms with E-state index in [9.17, 15) is 19.5 Å². The van der Waals surface area contributed by atoms with Crippen LogP contribution in [0, 0.1) is 0 Å². The Morgan fingerprint density at radius 2 is 2.00 bits per heavy atom. The van der Waals surface area contributed by atoms with E-state index in [1.165, 1.54) is 6.92 Å². The van der Waals surface area contributed by atoms with E-state index in [1.54, 1.807) is 0 Å². The lowest BCUT2D eigenvalue weighted by atomic mass is 10.0. The largest absolute Gasteiger partial charge is 0.480 e. The number of hydrogen-bond donors (Lipinski definition) is 1. The van der Waals surface area contributed by atoms with Crippen LogP contribution in [-0.2, 0) is 14.4 Å². The molecule has 0 saturated heterocycles. The summed E-state index contributed by atoms with van der Waals surface area (Å²) < 4.78 is 0. The highest BCUT2D eigenvalue weighted by Crippen LogP contribution is 2.21. The second-order valence-electron chi connectivity index (χ2n) is 4.80. The Morgan fingerprint density at radius 1 is 1.32 bits per heavy atom. The molecule has 1 aliphatic rings. The molecular weight excluding hydrogens is 304 g/mol. The number of carbonyl (C=O) groups excluding carboxylic acids is 2. The first-order valence-electron chi connectivity index (χ1n) is 6.80. The van der Waals surface area contributed by atoms with Crippen molar-refractivity contribution in [3.8, 4) is 0 Å². The van der Waals surface area contributed by atoms with E-state index in [4.69, 9.17) is 0 Å². The van der Waals surface area contributed by atoms with Crippen molar-refractivity contribution in [3.63, 3.8) is 0 Å².